The number of halogens is 2. The summed E-state index contributed by atoms with van der Waals surface area (Å²) >= 11 is 5.96. The van der Waals surface area contributed by atoms with Gasteiger partial charge in [0.05, 0.1) is 5.69 Å². The molecule has 1 atom stereocenters. The van der Waals surface area contributed by atoms with Crippen LogP contribution in [0.3, 0.4) is 0 Å². The van der Waals surface area contributed by atoms with Gasteiger partial charge in [0.25, 0.3) is 0 Å². The van der Waals surface area contributed by atoms with Gasteiger partial charge in [-0.05, 0) is 24.6 Å². The fourth-order valence-electron chi connectivity index (χ4n) is 2.37. The molecular weight excluding hydrogens is 297 g/mol. The number of oxazole rings is 1. The van der Waals surface area contributed by atoms with E-state index >= 15 is 0 Å². The van der Waals surface area contributed by atoms with Crippen molar-refractivity contribution in [3.63, 3.8) is 0 Å². The second-order valence-corrected chi connectivity index (χ2v) is 5.37. The summed E-state index contributed by atoms with van der Waals surface area (Å²) in [5.41, 5.74) is 7.73. The first-order valence-corrected chi connectivity index (χ1v) is 6.77. The zero-order valence-corrected chi connectivity index (χ0v) is 12.5. The van der Waals surface area contributed by atoms with Crippen molar-refractivity contribution < 1.29 is 4.42 Å². The van der Waals surface area contributed by atoms with Crippen molar-refractivity contribution >= 4 is 24.0 Å². The SMILES string of the molecule is Cl.N[C@@H]1CCN(Cc2coc(-c3cccc(Cl)c3)n2)C1. The molecule has 0 bridgehead atoms. The molecule has 0 spiro atoms. The number of hydrogen-bond acceptors (Lipinski definition) is 4. The zero-order chi connectivity index (χ0) is 13.2. The Morgan fingerprint density at radius 3 is 3.00 bits per heavy atom. The summed E-state index contributed by atoms with van der Waals surface area (Å²) in [5, 5.41) is 0.683. The first-order chi connectivity index (χ1) is 9.20. The van der Waals surface area contributed by atoms with Gasteiger partial charge >= 0.3 is 0 Å². The Labute approximate surface area is 129 Å². The summed E-state index contributed by atoms with van der Waals surface area (Å²) in [6.07, 6.45) is 2.76. The van der Waals surface area contributed by atoms with Crippen LogP contribution in [0.25, 0.3) is 11.5 Å². The maximum atomic E-state index is 5.96. The number of nitrogens with two attached hydrogens (primary N) is 1. The summed E-state index contributed by atoms with van der Waals surface area (Å²) < 4.78 is 5.52. The van der Waals surface area contributed by atoms with Crippen molar-refractivity contribution in [1.29, 1.82) is 0 Å². The van der Waals surface area contributed by atoms with E-state index in [4.69, 9.17) is 21.8 Å². The number of aromatic nitrogens is 1. The molecule has 2 N–H and O–H groups in total. The molecule has 20 heavy (non-hydrogen) atoms. The molecule has 1 aliphatic rings. The summed E-state index contributed by atoms with van der Waals surface area (Å²) in [6, 6.07) is 7.80. The third kappa shape index (κ3) is 3.52. The minimum Gasteiger partial charge on any atom is -0.444 e. The average Bonchev–Trinajstić information content (AvgIpc) is 2.99. The van der Waals surface area contributed by atoms with Crippen molar-refractivity contribution in [3.05, 3.63) is 41.2 Å². The van der Waals surface area contributed by atoms with Gasteiger partial charge in [-0.25, -0.2) is 4.98 Å². The first kappa shape index (κ1) is 15.3. The highest BCUT2D eigenvalue weighted by atomic mass is 35.5. The normalized spacial score (nSPS) is 19.0. The third-order valence-corrected chi connectivity index (χ3v) is 3.55. The average molecular weight is 314 g/mol. The lowest BCUT2D eigenvalue weighted by Gasteiger charge is -2.12. The van der Waals surface area contributed by atoms with E-state index in [2.05, 4.69) is 9.88 Å². The molecule has 2 aromatic rings. The molecule has 1 aromatic heterocycles. The minimum atomic E-state index is 0. The maximum Gasteiger partial charge on any atom is 0.226 e. The van der Waals surface area contributed by atoms with E-state index in [1.54, 1.807) is 6.26 Å². The molecule has 0 radical (unpaired) electrons. The van der Waals surface area contributed by atoms with Gasteiger partial charge in [0.15, 0.2) is 0 Å². The molecule has 2 heterocycles. The Kier molecular flexibility index (Phi) is 5.05. The third-order valence-electron chi connectivity index (χ3n) is 3.32. The van der Waals surface area contributed by atoms with Gasteiger partial charge in [-0.15, -0.1) is 12.4 Å². The Bertz CT molecular complexity index is 573. The van der Waals surface area contributed by atoms with Crippen LogP contribution in [0.2, 0.25) is 5.02 Å². The van der Waals surface area contributed by atoms with Gasteiger partial charge in [0.1, 0.15) is 6.26 Å². The van der Waals surface area contributed by atoms with Gasteiger partial charge < -0.3 is 10.2 Å². The van der Waals surface area contributed by atoms with Gasteiger partial charge in [0.2, 0.25) is 5.89 Å². The molecule has 0 aliphatic carbocycles. The molecule has 0 unspecified atom stereocenters. The molecular formula is C14H17Cl2N3O. The highest BCUT2D eigenvalue weighted by Gasteiger charge is 2.20. The minimum absolute atomic E-state index is 0. The lowest BCUT2D eigenvalue weighted by Crippen LogP contribution is -2.26. The summed E-state index contributed by atoms with van der Waals surface area (Å²) in [7, 11) is 0. The van der Waals surface area contributed by atoms with Gasteiger partial charge in [-0.2, -0.15) is 0 Å². The quantitative estimate of drug-likeness (QED) is 0.946. The predicted molar refractivity (Wildman–Crippen MR) is 82.1 cm³/mol. The van der Waals surface area contributed by atoms with Crippen LogP contribution in [-0.2, 0) is 6.54 Å². The zero-order valence-electron chi connectivity index (χ0n) is 11.0. The lowest BCUT2D eigenvalue weighted by atomic mass is 10.2. The van der Waals surface area contributed by atoms with E-state index in [0.29, 0.717) is 17.0 Å². The molecule has 1 aromatic carbocycles. The fraction of sp³-hybridized carbons (Fsp3) is 0.357. The molecule has 0 amide bonds. The summed E-state index contributed by atoms with van der Waals surface area (Å²) in [4.78, 5) is 6.80. The Morgan fingerprint density at radius 2 is 2.30 bits per heavy atom. The molecule has 4 nitrogen and oxygen atoms in total. The van der Waals surface area contributed by atoms with Crippen LogP contribution in [-0.4, -0.2) is 29.0 Å². The maximum absolute atomic E-state index is 5.96. The van der Waals surface area contributed by atoms with E-state index in [1.807, 2.05) is 24.3 Å². The highest BCUT2D eigenvalue weighted by Crippen LogP contribution is 2.22. The van der Waals surface area contributed by atoms with E-state index in [-0.39, 0.29) is 12.4 Å². The molecule has 3 rings (SSSR count). The van der Waals surface area contributed by atoms with Crippen LogP contribution in [0.5, 0.6) is 0 Å². The molecule has 6 heteroatoms. The number of rotatable bonds is 3. The van der Waals surface area contributed by atoms with Crippen LogP contribution < -0.4 is 5.73 Å². The first-order valence-electron chi connectivity index (χ1n) is 6.39. The second-order valence-electron chi connectivity index (χ2n) is 4.94. The summed E-state index contributed by atoms with van der Waals surface area (Å²) in [5.74, 6) is 0.612. The second kappa shape index (κ2) is 6.59. The predicted octanol–water partition coefficient (Wildman–Crippen LogP) is 2.95. The molecule has 108 valence electrons. The Balaban J connectivity index is 0.00000147. The van der Waals surface area contributed by atoms with Crippen LogP contribution >= 0.6 is 24.0 Å². The van der Waals surface area contributed by atoms with E-state index in [0.717, 1.165) is 37.3 Å². The lowest BCUT2D eigenvalue weighted by molar-refractivity contribution is 0.322. The van der Waals surface area contributed by atoms with Gasteiger partial charge in [0, 0.05) is 36.3 Å². The van der Waals surface area contributed by atoms with Crippen molar-refractivity contribution in [1.82, 2.24) is 9.88 Å². The van der Waals surface area contributed by atoms with E-state index in [1.165, 1.54) is 0 Å². The van der Waals surface area contributed by atoms with Crippen molar-refractivity contribution in [2.24, 2.45) is 5.73 Å². The van der Waals surface area contributed by atoms with E-state index < -0.39 is 0 Å². The van der Waals surface area contributed by atoms with Crippen LogP contribution in [0, 0.1) is 0 Å². The molecule has 1 fully saturated rings. The van der Waals surface area contributed by atoms with Crippen molar-refractivity contribution in [2.75, 3.05) is 13.1 Å². The van der Waals surface area contributed by atoms with Crippen LogP contribution in [0.4, 0.5) is 0 Å². The standard InChI is InChI=1S/C14H16ClN3O.ClH/c15-11-3-1-2-10(6-11)14-17-13(9-19-14)8-18-5-4-12(16)7-18;/h1-3,6,9,12H,4-5,7-8,16H2;1H/t12-;/m1./s1. The van der Waals surface area contributed by atoms with Crippen LogP contribution in [0.15, 0.2) is 34.9 Å². The molecule has 1 saturated heterocycles. The molecule has 1 aliphatic heterocycles. The monoisotopic (exact) mass is 313 g/mol. The van der Waals surface area contributed by atoms with Crippen LogP contribution in [0.1, 0.15) is 12.1 Å². The fourth-order valence-corrected chi connectivity index (χ4v) is 2.56. The largest absolute Gasteiger partial charge is 0.444 e. The number of likely N-dealkylation sites (tertiary alicyclic amines) is 1. The highest BCUT2D eigenvalue weighted by molar-refractivity contribution is 6.30. The summed E-state index contributed by atoms with van der Waals surface area (Å²) in [6.45, 7) is 2.75. The van der Waals surface area contributed by atoms with Crippen molar-refractivity contribution in [2.45, 2.75) is 19.0 Å². The number of benzene rings is 1. The smallest absolute Gasteiger partial charge is 0.226 e. The topological polar surface area (TPSA) is 55.3 Å². The molecule has 0 saturated carbocycles. The van der Waals surface area contributed by atoms with E-state index in [9.17, 15) is 0 Å². The van der Waals surface area contributed by atoms with Gasteiger partial charge in [-0.1, -0.05) is 17.7 Å². The number of nitrogens with zero attached hydrogens (tertiary/aromatic N) is 2. The van der Waals surface area contributed by atoms with Gasteiger partial charge in [-0.3, -0.25) is 4.90 Å². The Morgan fingerprint density at radius 1 is 1.45 bits per heavy atom. The van der Waals surface area contributed by atoms with Crippen molar-refractivity contribution in [3.8, 4) is 11.5 Å². The Hall–Kier alpha value is -1.07. The number of hydrogen-bond donors (Lipinski definition) is 1.